The topological polar surface area (TPSA) is 227 Å². The van der Waals surface area contributed by atoms with Crippen molar-refractivity contribution in [1.82, 2.24) is 14.6 Å². The molecule has 1 saturated carbocycles. The number of anilines is 1. The molecule has 16 nitrogen and oxygen atoms in total. The van der Waals surface area contributed by atoms with Crippen LogP contribution in [0.4, 0.5) is 10.6 Å². The van der Waals surface area contributed by atoms with Crippen LogP contribution in [0.2, 0.25) is 0 Å². The van der Waals surface area contributed by atoms with Gasteiger partial charge in [0.05, 0.1) is 11.1 Å². The second kappa shape index (κ2) is 15.3. The molecule has 2 fully saturated rings. The van der Waals surface area contributed by atoms with Gasteiger partial charge in [-0.15, -0.1) is 0 Å². The Balaban J connectivity index is 1.56. The maximum atomic E-state index is 12.9. The zero-order valence-corrected chi connectivity index (χ0v) is 27.8. The minimum atomic E-state index is -2.17. The third-order valence-electron chi connectivity index (χ3n) is 8.47. The van der Waals surface area contributed by atoms with Gasteiger partial charge < -0.3 is 34.5 Å². The number of aliphatic hydroxyl groups excluding tert-OH is 1. The van der Waals surface area contributed by atoms with E-state index in [1.807, 2.05) is 6.07 Å². The molecular formula is C32H44N6O10. The molecule has 4 rings (SSSR count). The lowest BCUT2D eigenvalue weighted by Gasteiger charge is -2.25. The molecule has 4 N–H and O–H groups in total. The Morgan fingerprint density at radius 2 is 1.88 bits per heavy atom. The lowest BCUT2D eigenvalue weighted by atomic mass is 9.87. The van der Waals surface area contributed by atoms with Crippen LogP contribution >= 0.6 is 0 Å². The minimum absolute atomic E-state index is 0.00987. The number of ether oxygens (including phenoxy) is 5. The van der Waals surface area contributed by atoms with Gasteiger partial charge in [-0.25, -0.2) is 14.3 Å². The van der Waals surface area contributed by atoms with E-state index in [1.54, 1.807) is 34.6 Å². The highest BCUT2D eigenvalue weighted by atomic mass is 16.7. The number of amides is 1. The van der Waals surface area contributed by atoms with Crippen LogP contribution in [0.5, 0.6) is 0 Å². The van der Waals surface area contributed by atoms with Crippen molar-refractivity contribution in [3.05, 3.63) is 24.2 Å². The Morgan fingerprint density at radius 1 is 1.17 bits per heavy atom. The van der Waals surface area contributed by atoms with Gasteiger partial charge in [-0.2, -0.15) is 10.4 Å². The number of carbonyl (C=O) groups excluding carboxylic acids is 4. The zero-order chi connectivity index (χ0) is 35.2. The Morgan fingerprint density at radius 3 is 2.52 bits per heavy atom. The number of hydrogen-bond acceptors (Lipinski definition) is 14. The average molecular weight is 673 g/mol. The van der Waals surface area contributed by atoms with Gasteiger partial charge in [-0.05, 0) is 57.6 Å². The molecule has 48 heavy (non-hydrogen) atoms. The number of fused-ring (bicyclic) bond motifs is 1. The van der Waals surface area contributed by atoms with Crippen LogP contribution in [-0.2, 0) is 43.7 Å². The fraction of sp³-hybridized carbons (Fsp3) is 0.656. The van der Waals surface area contributed by atoms with Crippen molar-refractivity contribution < 1.29 is 48.0 Å². The van der Waals surface area contributed by atoms with Gasteiger partial charge >= 0.3 is 24.0 Å². The van der Waals surface area contributed by atoms with E-state index in [9.17, 15) is 29.5 Å². The molecule has 16 heteroatoms. The molecule has 3 heterocycles. The van der Waals surface area contributed by atoms with E-state index >= 15 is 0 Å². The zero-order valence-electron chi connectivity index (χ0n) is 27.8. The fourth-order valence-electron chi connectivity index (χ4n) is 5.58. The first-order chi connectivity index (χ1) is 22.7. The number of aliphatic hydroxyl groups is 1. The van der Waals surface area contributed by atoms with Crippen molar-refractivity contribution in [3.8, 4) is 6.07 Å². The van der Waals surface area contributed by atoms with Crippen LogP contribution in [0.1, 0.15) is 78.8 Å². The summed E-state index contributed by atoms with van der Waals surface area (Å²) in [4.78, 5) is 54.1. The van der Waals surface area contributed by atoms with Crippen LogP contribution in [0, 0.1) is 28.6 Å². The van der Waals surface area contributed by atoms with Crippen molar-refractivity contribution in [3.63, 3.8) is 0 Å². The number of nitrogens with one attached hydrogen (secondary N) is 1. The fourth-order valence-corrected chi connectivity index (χ4v) is 5.58. The van der Waals surface area contributed by atoms with Crippen LogP contribution < -0.4 is 11.1 Å². The molecule has 0 radical (unpaired) electrons. The van der Waals surface area contributed by atoms with E-state index in [4.69, 9.17) is 29.4 Å². The van der Waals surface area contributed by atoms with Gasteiger partial charge in [-0.1, -0.05) is 33.1 Å². The summed E-state index contributed by atoms with van der Waals surface area (Å²) in [5, 5.41) is 28.7. The Bertz CT molecular complexity index is 1530. The lowest BCUT2D eigenvalue weighted by molar-refractivity contribution is -0.163. The van der Waals surface area contributed by atoms with E-state index in [0.29, 0.717) is 0 Å². The van der Waals surface area contributed by atoms with E-state index in [-0.39, 0.29) is 35.3 Å². The molecule has 1 aliphatic carbocycles. The third-order valence-corrected chi connectivity index (χ3v) is 8.47. The van der Waals surface area contributed by atoms with E-state index < -0.39 is 72.8 Å². The summed E-state index contributed by atoms with van der Waals surface area (Å²) >= 11 is 0. The average Bonchev–Trinajstić information content (AvgIpc) is 3.59. The molecule has 1 aliphatic heterocycles. The summed E-state index contributed by atoms with van der Waals surface area (Å²) in [5.74, 6) is -1.98. The molecule has 0 bridgehead atoms. The monoisotopic (exact) mass is 672 g/mol. The maximum Gasteiger partial charge on any atom is 0.415 e. The Kier molecular flexibility index (Phi) is 11.6. The number of carbonyl (C=O) groups is 4. The number of rotatable bonds is 11. The Labute approximate surface area is 278 Å². The molecule has 2 aromatic heterocycles. The van der Waals surface area contributed by atoms with Crippen molar-refractivity contribution in [2.24, 2.45) is 23.0 Å². The van der Waals surface area contributed by atoms with E-state index in [2.05, 4.69) is 15.4 Å². The molecule has 0 aromatic carbocycles. The lowest BCUT2D eigenvalue weighted by Crippen LogP contribution is -2.46. The molecule has 1 saturated heterocycles. The predicted octanol–water partition coefficient (Wildman–Crippen LogP) is 2.71. The van der Waals surface area contributed by atoms with Gasteiger partial charge in [-0.3, -0.25) is 19.7 Å². The summed E-state index contributed by atoms with van der Waals surface area (Å²) in [7, 11) is 0. The molecule has 0 spiro atoms. The second-order valence-corrected chi connectivity index (χ2v) is 13.5. The van der Waals surface area contributed by atoms with Crippen molar-refractivity contribution in [2.45, 2.75) is 103 Å². The number of hydrogen-bond donors (Lipinski definition) is 3. The highest BCUT2D eigenvalue weighted by molar-refractivity contribution is 5.88. The molecular weight excluding hydrogens is 628 g/mol. The number of esters is 3. The molecule has 2 aliphatic rings. The first kappa shape index (κ1) is 36.5. The summed E-state index contributed by atoms with van der Waals surface area (Å²) in [5.41, 5.74) is 3.23. The van der Waals surface area contributed by atoms with Crippen LogP contribution in [-0.4, -0.2) is 81.5 Å². The number of nitriles is 1. The van der Waals surface area contributed by atoms with E-state index in [0.717, 1.165) is 38.4 Å². The van der Waals surface area contributed by atoms with Crippen molar-refractivity contribution in [1.29, 1.82) is 5.26 Å². The first-order valence-electron chi connectivity index (χ1n) is 16.0. The van der Waals surface area contributed by atoms with Gasteiger partial charge in [0.2, 0.25) is 12.4 Å². The van der Waals surface area contributed by atoms with Gasteiger partial charge in [0, 0.05) is 6.42 Å². The van der Waals surface area contributed by atoms with Crippen LogP contribution in [0.15, 0.2) is 18.5 Å². The number of aromatic nitrogens is 3. The molecule has 1 amide bonds. The van der Waals surface area contributed by atoms with Gasteiger partial charge in [0.1, 0.15) is 42.8 Å². The summed E-state index contributed by atoms with van der Waals surface area (Å²) in [6.07, 6.45) is 0.952. The van der Waals surface area contributed by atoms with Gasteiger partial charge in [0.15, 0.2) is 11.9 Å². The molecule has 0 unspecified atom stereocenters. The highest BCUT2D eigenvalue weighted by Gasteiger charge is 2.60. The largest absolute Gasteiger partial charge is 0.463 e. The van der Waals surface area contributed by atoms with Gasteiger partial charge in [0.25, 0.3) is 0 Å². The van der Waals surface area contributed by atoms with Crippen LogP contribution in [0.3, 0.4) is 0 Å². The normalized spacial score (nSPS) is 23.7. The first-order valence-corrected chi connectivity index (χ1v) is 16.0. The summed E-state index contributed by atoms with van der Waals surface area (Å²) in [6, 6.07) is 3.85. The molecule has 2 aromatic rings. The SMILES string of the molecule is CC(C)[C@H](N)C(=O)O[C@H]1[C@@H](O)[C@](C#N)(c2ccc3c(NC(=O)OCOC(=O)C(C)(C)C)ncnn23)O[C@@H]1COC(=O)CC1CCCCC1. The predicted molar refractivity (Wildman–Crippen MR) is 167 cm³/mol. The van der Waals surface area contributed by atoms with Crippen LogP contribution in [0.25, 0.3) is 5.52 Å². The summed E-state index contributed by atoms with van der Waals surface area (Å²) in [6.45, 7) is 7.35. The summed E-state index contributed by atoms with van der Waals surface area (Å²) < 4.78 is 28.4. The van der Waals surface area contributed by atoms with Crippen molar-refractivity contribution in [2.75, 3.05) is 18.7 Å². The van der Waals surface area contributed by atoms with E-state index in [1.165, 1.54) is 16.6 Å². The Hall–Kier alpha value is -4.33. The number of nitrogens with two attached hydrogens (primary N) is 1. The third kappa shape index (κ3) is 8.20. The quantitative estimate of drug-likeness (QED) is 0.177. The minimum Gasteiger partial charge on any atom is -0.463 e. The standard InChI is InChI=1S/C32H44N6O10/c1-18(2)24(34)28(41)47-25-21(14-44-23(39)13-19-9-7-6-8-10-19)48-32(15-33,26(25)40)22-12-11-20-27(35-16-36-38(20)22)37-30(43)46-17-45-29(42)31(3,4)5/h11-12,16,18-19,21,24-26,40H,6-10,13-14,17,34H2,1-5H3,(H,35,36,37,43)/t21-,24+,25-,26-,32+/m1/s1. The van der Waals surface area contributed by atoms with Crippen molar-refractivity contribution >= 4 is 35.3 Å². The smallest absolute Gasteiger partial charge is 0.415 e. The second-order valence-electron chi connectivity index (χ2n) is 13.5. The maximum absolute atomic E-state index is 12.9. The highest BCUT2D eigenvalue weighted by Crippen LogP contribution is 2.42. The molecule has 262 valence electrons. The number of nitrogens with zero attached hydrogens (tertiary/aromatic N) is 4. The molecule has 5 atom stereocenters.